The molecule has 0 aliphatic heterocycles. The number of carbonyl (C=O) groups excluding carboxylic acids is 1. The van der Waals surface area contributed by atoms with Crippen LogP contribution in [-0.4, -0.2) is 31.8 Å². The SMILES string of the molecule is COc1cc(C)cc(C)c1N(C)C(=O)CCCO. The van der Waals surface area contributed by atoms with Gasteiger partial charge in [0.1, 0.15) is 5.75 Å². The van der Waals surface area contributed by atoms with Crippen molar-refractivity contribution in [1.29, 1.82) is 0 Å². The van der Waals surface area contributed by atoms with Crippen molar-refractivity contribution in [1.82, 2.24) is 0 Å². The third-order valence-corrected chi connectivity index (χ3v) is 2.89. The Morgan fingerprint density at radius 2 is 2.06 bits per heavy atom. The van der Waals surface area contributed by atoms with Gasteiger partial charge in [-0.3, -0.25) is 4.79 Å². The van der Waals surface area contributed by atoms with E-state index in [9.17, 15) is 4.79 Å². The molecule has 1 rings (SSSR count). The number of ether oxygens (including phenoxy) is 1. The summed E-state index contributed by atoms with van der Waals surface area (Å²) in [5, 5.41) is 8.76. The van der Waals surface area contributed by atoms with Crippen LogP contribution in [0.2, 0.25) is 0 Å². The largest absolute Gasteiger partial charge is 0.495 e. The molecule has 0 radical (unpaired) electrons. The van der Waals surface area contributed by atoms with E-state index in [1.807, 2.05) is 26.0 Å². The summed E-state index contributed by atoms with van der Waals surface area (Å²) < 4.78 is 5.34. The summed E-state index contributed by atoms with van der Waals surface area (Å²) >= 11 is 0. The van der Waals surface area contributed by atoms with Gasteiger partial charge in [-0.2, -0.15) is 0 Å². The number of amides is 1. The van der Waals surface area contributed by atoms with Gasteiger partial charge in [0.2, 0.25) is 5.91 Å². The maximum Gasteiger partial charge on any atom is 0.226 e. The van der Waals surface area contributed by atoms with Gasteiger partial charge in [0, 0.05) is 20.1 Å². The Labute approximate surface area is 108 Å². The first-order valence-electron chi connectivity index (χ1n) is 6.04. The zero-order valence-electron chi connectivity index (χ0n) is 11.5. The van der Waals surface area contributed by atoms with Crippen molar-refractivity contribution in [2.45, 2.75) is 26.7 Å². The Morgan fingerprint density at radius 3 is 2.61 bits per heavy atom. The van der Waals surface area contributed by atoms with Crippen LogP contribution in [0.15, 0.2) is 12.1 Å². The molecular formula is C14H21NO3. The molecule has 0 saturated carbocycles. The van der Waals surface area contributed by atoms with Crippen molar-refractivity contribution in [2.24, 2.45) is 0 Å². The zero-order chi connectivity index (χ0) is 13.7. The highest BCUT2D eigenvalue weighted by atomic mass is 16.5. The Kier molecular flexibility index (Phi) is 5.16. The first-order valence-corrected chi connectivity index (χ1v) is 6.04. The molecule has 4 heteroatoms. The molecule has 0 heterocycles. The number of aliphatic hydroxyl groups is 1. The van der Waals surface area contributed by atoms with Crippen molar-refractivity contribution in [3.05, 3.63) is 23.3 Å². The molecular weight excluding hydrogens is 230 g/mol. The fraction of sp³-hybridized carbons (Fsp3) is 0.500. The number of nitrogens with zero attached hydrogens (tertiary/aromatic N) is 1. The number of hydrogen-bond donors (Lipinski definition) is 1. The van der Waals surface area contributed by atoms with Crippen molar-refractivity contribution in [2.75, 3.05) is 25.7 Å². The maximum absolute atomic E-state index is 12.0. The molecule has 1 N–H and O–H groups in total. The predicted octanol–water partition coefficient (Wildman–Crippen LogP) is 2.05. The number of methoxy groups -OCH3 is 1. The zero-order valence-corrected chi connectivity index (χ0v) is 11.5. The summed E-state index contributed by atoms with van der Waals surface area (Å²) in [5.74, 6) is 0.682. The number of aryl methyl sites for hydroxylation is 2. The molecule has 1 amide bonds. The van der Waals surface area contributed by atoms with E-state index in [-0.39, 0.29) is 12.5 Å². The lowest BCUT2D eigenvalue weighted by Gasteiger charge is -2.22. The van der Waals surface area contributed by atoms with E-state index in [0.29, 0.717) is 18.6 Å². The molecule has 1 aromatic carbocycles. The first-order chi connectivity index (χ1) is 8.51. The second kappa shape index (κ2) is 6.40. The summed E-state index contributed by atoms with van der Waals surface area (Å²) in [4.78, 5) is 13.6. The van der Waals surface area contributed by atoms with Crippen molar-refractivity contribution in [3.63, 3.8) is 0 Å². The van der Waals surface area contributed by atoms with Crippen molar-refractivity contribution >= 4 is 11.6 Å². The summed E-state index contributed by atoms with van der Waals surface area (Å²) in [7, 11) is 3.34. The van der Waals surface area contributed by atoms with Crippen LogP contribution in [-0.2, 0) is 4.79 Å². The van der Waals surface area contributed by atoms with Gasteiger partial charge in [0.25, 0.3) is 0 Å². The fourth-order valence-corrected chi connectivity index (χ4v) is 2.03. The van der Waals surface area contributed by atoms with Crippen LogP contribution in [0, 0.1) is 13.8 Å². The molecule has 0 saturated heterocycles. The van der Waals surface area contributed by atoms with E-state index in [4.69, 9.17) is 9.84 Å². The van der Waals surface area contributed by atoms with Gasteiger partial charge in [-0.15, -0.1) is 0 Å². The maximum atomic E-state index is 12.0. The molecule has 0 unspecified atom stereocenters. The highest BCUT2D eigenvalue weighted by molar-refractivity contribution is 5.95. The lowest BCUT2D eigenvalue weighted by atomic mass is 10.1. The van der Waals surface area contributed by atoms with E-state index in [1.165, 1.54) is 0 Å². The van der Waals surface area contributed by atoms with Gasteiger partial charge in [0.15, 0.2) is 0 Å². The smallest absolute Gasteiger partial charge is 0.226 e. The van der Waals surface area contributed by atoms with Crippen LogP contribution in [0.4, 0.5) is 5.69 Å². The Hall–Kier alpha value is -1.55. The molecule has 0 bridgehead atoms. The number of anilines is 1. The van der Waals surface area contributed by atoms with Crippen LogP contribution < -0.4 is 9.64 Å². The molecule has 0 aliphatic rings. The van der Waals surface area contributed by atoms with Gasteiger partial charge in [-0.1, -0.05) is 6.07 Å². The number of benzene rings is 1. The van der Waals surface area contributed by atoms with Crippen LogP contribution in [0.3, 0.4) is 0 Å². The lowest BCUT2D eigenvalue weighted by molar-refractivity contribution is -0.118. The summed E-state index contributed by atoms with van der Waals surface area (Å²) in [6.45, 7) is 3.98. The normalized spacial score (nSPS) is 10.3. The van der Waals surface area contributed by atoms with Gasteiger partial charge < -0.3 is 14.7 Å². The second-order valence-corrected chi connectivity index (χ2v) is 4.41. The molecule has 0 fully saturated rings. The van der Waals surface area contributed by atoms with Crippen LogP contribution in [0.5, 0.6) is 5.75 Å². The average molecular weight is 251 g/mol. The standard InChI is InChI=1S/C14H21NO3/c1-10-8-11(2)14(12(9-10)18-4)15(3)13(17)6-5-7-16/h8-9,16H,5-7H2,1-4H3. The van der Waals surface area contributed by atoms with Gasteiger partial charge in [0.05, 0.1) is 12.8 Å². The molecule has 18 heavy (non-hydrogen) atoms. The Balaban J connectivity index is 3.04. The van der Waals surface area contributed by atoms with E-state index in [0.717, 1.165) is 16.8 Å². The third kappa shape index (κ3) is 3.23. The highest BCUT2D eigenvalue weighted by Gasteiger charge is 2.17. The summed E-state index contributed by atoms with van der Waals surface area (Å²) in [6, 6.07) is 3.94. The fourth-order valence-electron chi connectivity index (χ4n) is 2.03. The minimum atomic E-state index is -0.0192. The number of hydrogen-bond acceptors (Lipinski definition) is 3. The monoisotopic (exact) mass is 251 g/mol. The average Bonchev–Trinajstić information content (AvgIpc) is 2.34. The van der Waals surface area contributed by atoms with Crippen LogP contribution >= 0.6 is 0 Å². The van der Waals surface area contributed by atoms with Crippen LogP contribution in [0.25, 0.3) is 0 Å². The quantitative estimate of drug-likeness (QED) is 0.871. The van der Waals surface area contributed by atoms with Gasteiger partial charge in [-0.25, -0.2) is 0 Å². The summed E-state index contributed by atoms with van der Waals surface area (Å²) in [6.07, 6.45) is 0.819. The molecule has 100 valence electrons. The lowest BCUT2D eigenvalue weighted by Crippen LogP contribution is -2.27. The second-order valence-electron chi connectivity index (χ2n) is 4.41. The van der Waals surface area contributed by atoms with Gasteiger partial charge in [-0.05, 0) is 37.5 Å². The topological polar surface area (TPSA) is 49.8 Å². The van der Waals surface area contributed by atoms with Crippen molar-refractivity contribution in [3.8, 4) is 5.75 Å². The summed E-state index contributed by atoms with van der Waals surface area (Å²) in [5.41, 5.74) is 2.90. The molecule has 0 atom stereocenters. The minimum absolute atomic E-state index is 0.0192. The van der Waals surface area contributed by atoms with E-state index >= 15 is 0 Å². The first kappa shape index (κ1) is 14.5. The molecule has 0 spiro atoms. The Morgan fingerprint density at radius 1 is 1.39 bits per heavy atom. The molecule has 0 aromatic heterocycles. The minimum Gasteiger partial charge on any atom is -0.495 e. The molecule has 4 nitrogen and oxygen atoms in total. The molecule has 0 aliphatic carbocycles. The van der Waals surface area contributed by atoms with E-state index in [2.05, 4.69) is 0 Å². The predicted molar refractivity (Wildman–Crippen MR) is 72.2 cm³/mol. The van der Waals surface area contributed by atoms with Crippen LogP contribution in [0.1, 0.15) is 24.0 Å². The van der Waals surface area contributed by atoms with E-state index < -0.39 is 0 Å². The number of rotatable bonds is 5. The highest BCUT2D eigenvalue weighted by Crippen LogP contribution is 2.32. The third-order valence-electron chi connectivity index (χ3n) is 2.89. The van der Waals surface area contributed by atoms with Crippen molar-refractivity contribution < 1.29 is 14.6 Å². The molecule has 1 aromatic rings. The van der Waals surface area contributed by atoms with Gasteiger partial charge >= 0.3 is 0 Å². The van der Waals surface area contributed by atoms with E-state index in [1.54, 1.807) is 19.1 Å². The number of aliphatic hydroxyl groups excluding tert-OH is 1. The number of carbonyl (C=O) groups is 1. The Bertz CT molecular complexity index is 429.